The van der Waals surface area contributed by atoms with E-state index in [1.807, 2.05) is 41.8 Å². The highest BCUT2D eigenvalue weighted by molar-refractivity contribution is 9.11. The summed E-state index contributed by atoms with van der Waals surface area (Å²) >= 11 is 4.84. The Morgan fingerprint density at radius 1 is 1.26 bits per heavy atom. The summed E-state index contributed by atoms with van der Waals surface area (Å²) in [5.41, 5.74) is 2.29. The molecular formula is C14H9BrN2OS. The predicted molar refractivity (Wildman–Crippen MR) is 81.7 cm³/mol. The number of benzene rings is 1. The third-order valence-electron chi connectivity index (χ3n) is 2.72. The molecule has 1 aromatic carbocycles. The molecule has 3 aromatic rings. The van der Waals surface area contributed by atoms with Gasteiger partial charge in [-0.05, 0) is 46.3 Å². The van der Waals surface area contributed by atoms with E-state index < -0.39 is 0 Å². The molecular weight excluding hydrogens is 324 g/mol. The molecule has 2 aromatic heterocycles. The van der Waals surface area contributed by atoms with Crippen molar-refractivity contribution in [2.75, 3.05) is 5.32 Å². The van der Waals surface area contributed by atoms with Gasteiger partial charge in [0.05, 0.1) is 20.6 Å². The normalized spacial score (nSPS) is 10.6. The van der Waals surface area contributed by atoms with Crippen LogP contribution in [0.5, 0.6) is 0 Å². The number of aromatic nitrogens is 1. The summed E-state index contributed by atoms with van der Waals surface area (Å²) in [4.78, 5) is 16.4. The van der Waals surface area contributed by atoms with Crippen molar-refractivity contribution >= 4 is 49.8 Å². The van der Waals surface area contributed by atoms with E-state index in [0.717, 1.165) is 20.4 Å². The number of nitrogens with zero attached hydrogens (tertiary/aromatic N) is 1. The molecule has 0 saturated heterocycles. The van der Waals surface area contributed by atoms with Gasteiger partial charge in [0.1, 0.15) is 0 Å². The maximum atomic E-state index is 12.1. The maximum absolute atomic E-state index is 12.1. The van der Waals surface area contributed by atoms with E-state index in [1.54, 1.807) is 6.20 Å². The first-order valence-corrected chi connectivity index (χ1v) is 7.30. The predicted octanol–water partition coefficient (Wildman–Crippen LogP) is 4.31. The number of hydrogen-bond acceptors (Lipinski definition) is 3. The monoisotopic (exact) mass is 332 g/mol. The standard InChI is InChI=1S/C14H9BrN2OS/c15-13-7-9(8-19-13)14(18)17-12-5-1-4-11-10(12)3-2-6-16-11/h1-8H,(H,17,18). The van der Waals surface area contributed by atoms with Gasteiger partial charge in [-0.2, -0.15) is 0 Å². The zero-order valence-electron chi connectivity index (χ0n) is 9.76. The van der Waals surface area contributed by atoms with Gasteiger partial charge < -0.3 is 5.32 Å². The van der Waals surface area contributed by atoms with Crippen LogP contribution in [0.15, 0.2) is 51.8 Å². The molecule has 0 aliphatic rings. The van der Waals surface area contributed by atoms with Gasteiger partial charge in [-0.15, -0.1) is 11.3 Å². The maximum Gasteiger partial charge on any atom is 0.256 e. The molecule has 0 saturated carbocycles. The van der Waals surface area contributed by atoms with Gasteiger partial charge in [-0.3, -0.25) is 9.78 Å². The number of rotatable bonds is 2. The molecule has 0 aliphatic carbocycles. The number of carbonyl (C=O) groups excluding carboxylic acids is 1. The number of anilines is 1. The summed E-state index contributed by atoms with van der Waals surface area (Å²) in [5, 5.41) is 5.68. The number of thiophene rings is 1. The molecule has 0 aliphatic heterocycles. The number of halogens is 1. The number of nitrogens with one attached hydrogen (secondary N) is 1. The Morgan fingerprint density at radius 2 is 2.16 bits per heavy atom. The minimum atomic E-state index is -0.113. The van der Waals surface area contributed by atoms with Crippen molar-refractivity contribution in [2.45, 2.75) is 0 Å². The fourth-order valence-electron chi connectivity index (χ4n) is 1.84. The lowest BCUT2D eigenvalue weighted by Crippen LogP contribution is -2.11. The van der Waals surface area contributed by atoms with E-state index in [4.69, 9.17) is 0 Å². The van der Waals surface area contributed by atoms with Crippen molar-refractivity contribution in [2.24, 2.45) is 0 Å². The summed E-state index contributed by atoms with van der Waals surface area (Å²) in [6.07, 6.45) is 1.74. The van der Waals surface area contributed by atoms with Crippen molar-refractivity contribution in [3.63, 3.8) is 0 Å². The first-order chi connectivity index (χ1) is 9.24. The second-order valence-electron chi connectivity index (χ2n) is 3.97. The van der Waals surface area contributed by atoms with E-state index in [9.17, 15) is 4.79 Å². The van der Waals surface area contributed by atoms with Crippen LogP contribution in [0.1, 0.15) is 10.4 Å². The molecule has 0 radical (unpaired) electrons. The molecule has 1 N–H and O–H groups in total. The first-order valence-electron chi connectivity index (χ1n) is 5.63. The fraction of sp³-hybridized carbons (Fsp3) is 0. The van der Waals surface area contributed by atoms with Crippen LogP contribution < -0.4 is 5.32 Å². The minimum Gasteiger partial charge on any atom is -0.321 e. The average molecular weight is 333 g/mol. The molecule has 0 atom stereocenters. The summed E-state index contributed by atoms with van der Waals surface area (Å²) in [6, 6.07) is 11.3. The van der Waals surface area contributed by atoms with Crippen LogP contribution in [0.4, 0.5) is 5.69 Å². The molecule has 3 rings (SSSR count). The minimum absolute atomic E-state index is 0.113. The first kappa shape index (κ1) is 12.3. The van der Waals surface area contributed by atoms with E-state index in [0.29, 0.717) is 5.56 Å². The van der Waals surface area contributed by atoms with Gasteiger partial charge in [0, 0.05) is 17.0 Å². The van der Waals surface area contributed by atoms with Crippen LogP contribution in [0.3, 0.4) is 0 Å². The Balaban J connectivity index is 1.95. The number of hydrogen-bond donors (Lipinski definition) is 1. The third kappa shape index (κ3) is 2.52. The molecule has 3 nitrogen and oxygen atoms in total. The molecule has 2 heterocycles. The van der Waals surface area contributed by atoms with Gasteiger partial charge in [0.2, 0.25) is 0 Å². The van der Waals surface area contributed by atoms with E-state index >= 15 is 0 Å². The molecule has 0 bridgehead atoms. The van der Waals surface area contributed by atoms with E-state index in [1.165, 1.54) is 11.3 Å². The molecule has 1 amide bonds. The summed E-state index contributed by atoms with van der Waals surface area (Å²) in [7, 11) is 0. The summed E-state index contributed by atoms with van der Waals surface area (Å²) < 4.78 is 0.942. The zero-order chi connectivity index (χ0) is 13.2. The van der Waals surface area contributed by atoms with Crippen LogP contribution in [0.25, 0.3) is 10.9 Å². The molecule has 94 valence electrons. The third-order valence-corrected chi connectivity index (χ3v) is 4.23. The van der Waals surface area contributed by atoms with E-state index in [2.05, 4.69) is 26.2 Å². The summed E-state index contributed by atoms with van der Waals surface area (Å²) in [6.45, 7) is 0. The quantitative estimate of drug-likeness (QED) is 0.759. The zero-order valence-corrected chi connectivity index (χ0v) is 12.2. The Bertz CT molecular complexity index is 749. The van der Waals surface area contributed by atoms with Crippen LogP contribution in [-0.4, -0.2) is 10.9 Å². The van der Waals surface area contributed by atoms with Crippen molar-refractivity contribution < 1.29 is 4.79 Å². The average Bonchev–Trinajstić information content (AvgIpc) is 2.86. The highest BCUT2D eigenvalue weighted by Gasteiger charge is 2.10. The van der Waals surface area contributed by atoms with Crippen LogP contribution >= 0.6 is 27.3 Å². The SMILES string of the molecule is O=C(Nc1cccc2ncccc12)c1csc(Br)c1. The van der Waals surface area contributed by atoms with Gasteiger partial charge in [-0.1, -0.05) is 6.07 Å². The Labute approximate surface area is 122 Å². The van der Waals surface area contributed by atoms with Gasteiger partial charge in [-0.25, -0.2) is 0 Å². The molecule has 0 fully saturated rings. The van der Waals surface area contributed by atoms with Crippen LogP contribution in [0, 0.1) is 0 Å². The number of carbonyl (C=O) groups is 1. The largest absolute Gasteiger partial charge is 0.321 e. The molecule has 19 heavy (non-hydrogen) atoms. The highest BCUT2D eigenvalue weighted by Crippen LogP contribution is 2.24. The molecule has 0 spiro atoms. The Morgan fingerprint density at radius 3 is 2.95 bits per heavy atom. The lowest BCUT2D eigenvalue weighted by atomic mass is 10.1. The van der Waals surface area contributed by atoms with Crippen LogP contribution in [-0.2, 0) is 0 Å². The molecule has 0 unspecified atom stereocenters. The smallest absolute Gasteiger partial charge is 0.256 e. The van der Waals surface area contributed by atoms with Gasteiger partial charge in [0.25, 0.3) is 5.91 Å². The second-order valence-corrected chi connectivity index (χ2v) is 6.26. The van der Waals surface area contributed by atoms with Crippen molar-refractivity contribution in [3.8, 4) is 0 Å². The van der Waals surface area contributed by atoms with Gasteiger partial charge in [0.15, 0.2) is 0 Å². The van der Waals surface area contributed by atoms with E-state index in [-0.39, 0.29) is 5.91 Å². The number of amides is 1. The summed E-state index contributed by atoms with van der Waals surface area (Å²) in [5.74, 6) is -0.113. The van der Waals surface area contributed by atoms with Crippen molar-refractivity contribution in [1.29, 1.82) is 0 Å². The Hall–Kier alpha value is -1.72. The van der Waals surface area contributed by atoms with Gasteiger partial charge >= 0.3 is 0 Å². The lowest BCUT2D eigenvalue weighted by Gasteiger charge is -2.07. The fourth-order valence-corrected chi connectivity index (χ4v) is 2.97. The molecule has 5 heteroatoms. The van der Waals surface area contributed by atoms with Crippen molar-refractivity contribution in [3.05, 3.63) is 57.3 Å². The Kier molecular flexibility index (Phi) is 3.31. The van der Waals surface area contributed by atoms with Crippen LogP contribution in [0.2, 0.25) is 0 Å². The van der Waals surface area contributed by atoms with Crippen molar-refractivity contribution in [1.82, 2.24) is 4.98 Å². The highest BCUT2D eigenvalue weighted by atomic mass is 79.9. The topological polar surface area (TPSA) is 42.0 Å². The number of fused-ring (bicyclic) bond motifs is 1. The number of pyridine rings is 1. The second kappa shape index (κ2) is 5.11. The lowest BCUT2D eigenvalue weighted by molar-refractivity contribution is 0.102.